The largest absolute Gasteiger partial charge is 0.370 e. The van der Waals surface area contributed by atoms with Gasteiger partial charge in [-0.25, -0.2) is 9.18 Å². The molecule has 1 fully saturated rings. The Hall–Kier alpha value is -3.22. The highest BCUT2D eigenvalue weighted by Gasteiger charge is 2.25. The molecule has 0 spiro atoms. The van der Waals surface area contributed by atoms with Crippen LogP contribution in [0.2, 0.25) is 4.34 Å². The molecule has 5 amide bonds. The number of halogens is 2. The number of carbonyl (C=O) groups is 4. The first-order chi connectivity index (χ1) is 16.3. The Labute approximate surface area is 203 Å². The Bertz CT molecular complexity index is 1080. The number of ether oxygens (including phenoxy) is 1. The van der Waals surface area contributed by atoms with Crippen LogP contribution in [-0.4, -0.2) is 62.6 Å². The fraction of sp³-hybridized carbons (Fsp3) is 0.333. The third-order valence-corrected chi connectivity index (χ3v) is 5.96. The minimum atomic E-state index is -1.20. The highest BCUT2D eigenvalue weighted by Crippen LogP contribution is 2.24. The summed E-state index contributed by atoms with van der Waals surface area (Å²) in [6.07, 6.45) is 0. The summed E-state index contributed by atoms with van der Waals surface area (Å²) in [5.74, 6) is -2.28. The van der Waals surface area contributed by atoms with Gasteiger partial charge < -0.3 is 30.9 Å². The first kappa shape index (κ1) is 25.4. The molecule has 2 aromatic rings. The van der Waals surface area contributed by atoms with E-state index in [1.165, 1.54) is 23.1 Å². The number of hydrogen-bond acceptors (Lipinski definition) is 6. The van der Waals surface area contributed by atoms with Gasteiger partial charge in [-0.2, -0.15) is 0 Å². The summed E-state index contributed by atoms with van der Waals surface area (Å²) in [6, 6.07) is 5.22. The molecule has 0 bridgehead atoms. The Balaban J connectivity index is 1.69. The predicted octanol–water partition coefficient (Wildman–Crippen LogP) is 1.96. The van der Waals surface area contributed by atoms with Gasteiger partial charge in [-0.15, -0.1) is 11.3 Å². The average Bonchev–Trinajstić information content (AvgIpc) is 3.24. The number of nitrogens with zero attached hydrogens (tertiary/aromatic N) is 1. The fourth-order valence-corrected chi connectivity index (χ4v) is 4.04. The molecule has 1 aliphatic heterocycles. The monoisotopic (exact) mass is 511 g/mol. The third kappa shape index (κ3) is 6.65. The van der Waals surface area contributed by atoms with Gasteiger partial charge in [0.25, 0.3) is 11.8 Å². The summed E-state index contributed by atoms with van der Waals surface area (Å²) in [5, 5.41) is 9.92. The quantitative estimate of drug-likeness (QED) is 0.430. The molecule has 1 aromatic heterocycles. The highest BCUT2D eigenvalue weighted by molar-refractivity contribution is 7.18. The molecular weight excluding hydrogens is 489 g/mol. The van der Waals surface area contributed by atoms with Crippen LogP contribution in [0.15, 0.2) is 30.3 Å². The Morgan fingerprint density at radius 1 is 1.24 bits per heavy atom. The second-order valence-electron chi connectivity index (χ2n) is 7.12. The predicted molar refractivity (Wildman–Crippen MR) is 126 cm³/mol. The van der Waals surface area contributed by atoms with Gasteiger partial charge in [0.15, 0.2) is 0 Å². The van der Waals surface area contributed by atoms with E-state index in [0.29, 0.717) is 28.1 Å². The normalized spacial score (nSPS) is 14.3. The summed E-state index contributed by atoms with van der Waals surface area (Å²) < 4.78 is 20.2. The van der Waals surface area contributed by atoms with E-state index in [4.69, 9.17) is 16.3 Å². The zero-order valence-electron chi connectivity index (χ0n) is 18.2. The van der Waals surface area contributed by atoms with Crippen LogP contribution in [-0.2, 0) is 14.3 Å². The third-order valence-electron chi connectivity index (χ3n) is 4.73. The second kappa shape index (κ2) is 11.8. The lowest BCUT2D eigenvalue weighted by Gasteiger charge is -2.27. The van der Waals surface area contributed by atoms with Crippen LogP contribution >= 0.6 is 22.9 Å². The van der Waals surface area contributed by atoms with Crippen LogP contribution in [0.25, 0.3) is 0 Å². The van der Waals surface area contributed by atoms with Crippen molar-refractivity contribution in [2.24, 2.45) is 0 Å². The number of morpholine rings is 1. The number of anilines is 2. The van der Waals surface area contributed by atoms with E-state index in [2.05, 4.69) is 21.3 Å². The molecule has 1 saturated heterocycles. The van der Waals surface area contributed by atoms with Gasteiger partial charge in [-0.1, -0.05) is 11.6 Å². The molecule has 0 unspecified atom stereocenters. The van der Waals surface area contributed by atoms with Gasteiger partial charge in [0.2, 0.25) is 5.91 Å². The molecule has 0 radical (unpaired) electrons. The van der Waals surface area contributed by atoms with E-state index < -0.39 is 29.7 Å². The van der Waals surface area contributed by atoms with E-state index in [-0.39, 0.29) is 31.3 Å². The number of hydrogen-bond donors (Lipinski definition) is 4. The molecule has 1 aromatic carbocycles. The summed E-state index contributed by atoms with van der Waals surface area (Å²) in [5.41, 5.74) is 0.191. The topological polar surface area (TPSA) is 129 Å². The van der Waals surface area contributed by atoms with Crippen molar-refractivity contribution in [1.82, 2.24) is 16.0 Å². The van der Waals surface area contributed by atoms with Gasteiger partial charge in [-0.05, 0) is 37.3 Å². The molecule has 4 N–H and O–H groups in total. The van der Waals surface area contributed by atoms with Crippen LogP contribution < -0.4 is 26.2 Å². The number of thiophene rings is 1. The zero-order chi connectivity index (χ0) is 24.7. The Morgan fingerprint density at radius 2 is 2.03 bits per heavy atom. The van der Waals surface area contributed by atoms with Gasteiger partial charge >= 0.3 is 6.03 Å². The van der Waals surface area contributed by atoms with Crippen LogP contribution in [0, 0.1) is 5.82 Å². The SMILES string of the molecule is CCNC(=O)N[C@@H](CNC(=O)c1ccc(Cl)s1)C(=O)Nc1ccc(N2CCOCC2=O)cc1F. The van der Waals surface area contributed by atoms with E-state index in [1.807, 2.05) is 0 Å². The van der Waals surface area contributed by atoms with Gasteiger partial charge in [0.05, 0.1) is 21.5 Å². The first-order valence-electron chi connectivity index (χ1n) is 10.3. The molecule has 13 heteroatoms. The number of carbonyl (C=O) groups excluding carboxylic acids is 4. The first-order valence-corrected chi connectivity index (χ1v) is 11.5. The van der Waals surface area contributed by atoms with Crippen molar-refractivity contribution in [3.05, 3.63) is 45.4 Å². The molecule has 0 aliphatic carbocycles. The van der Waals surface area contributed by atoms with Crippen molar-refractivity contribution >= 4 is 58.1 Å². The summed E-state index contributed by atoms with van der Waals surface area (Å²) in [4.78, 5) is 50.8. The van der Waals surface area contributed by atoms with Crippen LogP contribution in [0.5, 0.6) is 0 Å². The van der Waals surface area contributed by atoms with Gasteiger partial charge in [-0.3, -0.25) is 14.4 Å². The van der Waals surface area contributed by atoms with Crippen molar-refractivity contribution < 1.29 is 28.3 Å². The number of urea groups is 1. The molecular formula is C21H23ClFN5O5S. The molecule has 2 heterocycles. The smallest absolute Gasteiger partial charge is 0.315 e. The highest BCUT2D eigenvalue weighted by atomic mass is 35.5. The van der Waals surface area contributed by atoms with Crippen molar-refractivity contribution in [1.29, 1.82) is 0 Å². The summed E-state index contributed by atoms with van der Waals surface area (Å²) >= 11 is 6.90. The van der Waals surface area contributed by atoms with E-state index >= 15 is 0 Å². The Morgan fingerprint density at radius 3 is 2.68 bits per heavy atom. The van der Waals surface area contributed by atoms with Crippen molar-refractivity contribution in [3.8, 4) is 0 Å². The molecule has 0 saturated carbocycles. The van der Waals surface area contributed by atoms with E-state index in [9.17, 15) is 23.6 Å². The number of amides is 5. The number of benzene rings is 1. The molecule has 1 aliphatic rings. The number of nitrogens with one attached hydrogen (secondary N) is 4. The summed E-state index contributed by atoms with van der Waals surface area (Å²) in [7, 11) is 0. The zero-order valence-corrected chi connectivity index (χ0v) is 19.7. The van der Waals surface area contributed by atoms with Gasteiger partial charge in [0.1, 0.15) is 18.5 Å². The van der Waals surface area contributed by atoms with Crippen LogP contribution in [0.3, 0.4) is 0 Å². The van der Waals surface area contributed by atoms with Crippen LogP contribution in [0.1, 0.15) is 16.6 Å². The molecule has 3 rings (SSSR count). The lowest BCUT2D eigenvalue weighted by molar-refractivity contribution is -0.125. The molecule has 34 heavy (non-hydrogen) atoms. The standard InChI is InChI=1S/C21H23ClFN5O5S/c1-2-24-21(32)27-15(10-25-20(31)16-5-6-17(22)34-16)19(30)26-14-4-3-12(9-13(14)23)28-7-8-33-11-18(28)29/h3-6,9,15H,2,7-8,10-11H2,1H3,(H,25,31)(H,26,30)(H2,24,27,32)/t15-/m0/s1. The van der Waals surface area contributed by atoms with Crippen LogP contribution in [0.4, 0.5) is 20.6 Å². The van der Waals surface area contributed by atoms with E-state index in [1.54, 1.807) is 13.0 Å². The summed E-state index contributed by atoms with van der Waals surface area (Å²) in [6.45, 7) is 2.31. The minimum absolute atomic E-state index is 0.0866. The molecule has 1 atom stereocenters. The lowest BCUT2D eigenvalue weighted by atomic mass is 10.2. The van der Waals surface area contributed by atoms with Crippen molar-refractivity contribution in [3.63, 3.8) is 0 Å². The van der Waals surface area contributed by atoms with E-state index in [0.717, 1.165) is 17.4 Å². The van der Waals surface area contributed by atoms with Gasteiger partial charge in [0, 0.05) is 25.3 Å². The lowest BCUT2D eigenvalue weighted by Crippen LogP contribution is -2.53. The molecule has 182 valence electrons. The van der Waals surface area contributed by atoms with Crippen molar-refractivity contribution in [2.75, 3.05) is 43.1 Å². The molecule has 10 nitrogen and oxygen atoms in total. The Kier molecular flexibility index (Phi) is 8.79. The maximum atomic E-state index is 14.7. The number of rotatable bonds is 8. The second-order valence-corrected chi connectivity index (χ2v) is 8.84. The minimum Gasteiger partial charge on any atom is -0.370 e. The fourth-order valence-electron chi connectivity index (χ4n) is 3.08. The van der Waals surface area contributed by atoms with Crippen molar-refractivity contribution in [2.45, 2.75) is 13.0 Å². The maximum absolute atomic E-state index is 14.7. The maximum Gasteiger partial charge on any atom is 0.315 e. The average molecular weight is 512 g/mol.